The Balaban J connectivity index is 0. The van der Waals surface area contributed by atoms with Crippen LogP contribution in [0.15, 0.2) is 0 Å². The normalized spacial score (nSPS) is 10.3. The van der Waals surface area contributed by atoms with Gasteiger partial charge in [0.05, 0.1) is 0 Å². The summed E-state index contributed by atoms with van der Waals surface area (Å²) in [6.45, 7) is 0. The van der Waals surface area contributed by atoms with Crippen LogP contribution in [0.25, 0.3) is 0 Å². The van der Waals surface area contributed by atoms with Crippen molar-refractivity contribution in [3.05, 3.63) is 0 Å². The molecular weight excluding hydrogens is 226 g/mol. The van der Waals surface area contributed by atoms with Gasteiger partial charge in [-0.05, 0) is 0 Å². The van der Waals surface area contributed by atoms with Crippen molar-refractivity contribution in [1.82, 2.24) is 0 Å². The molecule has 0 aromatic heterocycles. The second kappa shape index (κ2) is 4.91. The van der Waals surface area contributed by atoms with Gasteiger partial charge in [0.25, 0.3) is 10.5 Å². The average Bonchev–Trinajstić information content (AvgIpc) is 1.19. The summed E-state index contributed by atoms with van der Waals surface area (Å²) < 4.78 is 61.0. The minimum absolute atomic E-state index is 3.79. The van der Waals surface area contributed by atoms with E-state index in [0.29, 0.717) is 0 Å². The maximum atomic E-state index is 10.1. The first kappa shape index (κ1) is 11.8. The van der Waals surface area contributed by atoms with E-state index in [1.54, 1.807) is 0 Å². The molecule has 0 heterocycles. The molecule has 0 fully saturated rings. The number of halogens is 1. The number of hydrogen-bond acceptors (Lipinski definition) is 6. The Morgan fingerprint density at radius 3 is 1.33 bits per heavy atom. The first-order chi connectivity index (χ1) is 3.73. The second-order valence-electron chi connectivity index (χ2n) is 0.597. The molecule has 0 aromatic rings. The van der Waals surface area contributed by atoms with Crippen LogP contribution < -0.4 is 8.38 Å². The Labute approximate surface area is 54.7 Å². The molecule has 0 saturated carbocycles. The van der Waals surface area contributed by atoms with Gasteiger partial charge in [0, 0.05) is 0 Å². The van der Waals surface area contributed by atoms with Crippen molar-refractivity contribution in [2.75, 3.05) is 0 Å². The summed E-state index contributed by atoms with van der Waals surface area (Å²) in [7, 11) is -5.42. The summed E-state index contributed by atoms with van der Waals surface area (Å²) in [5, 5.41) is 0. The van der Waals surface area contributed by atoms with Gasteiger partial charge in [0.1, 0.15) is 0 Å². The van der Waals surface area contributed by atoms with E-state index in [1.807, 2.05) is 0 Å². The van der Waals surface area contributed by atoms with Gasteiger partial charge in [-0.2, -0.15) is 0 Å². The summed E-state index contributed by atoms with van der Waals surface area (Å²) in [4.78, 5) is 0. The molecule has 0 aromatic carbocycles. The van der Waals surface area contributed by atoms with Crippen LogP contribution in [0, 0.1) is 0 Å². The van der Waals surface area contributed by atoms with Crippen LogP contribution in [-0.2, 0) is 14.3 Å². The molecule has 0 radical (unpaired) electrons. The summed E-state index contributed by atoms with van der Waals surface area (Å²) in [6.07, 6.45) is 0. The molecule has 9 heavy (non-hydrogen) atoms. The van der Waals surface area contributed by atoms with Crippen molar-refractivity contribution in [2.24, 2.45) is 0 Å². The Morgan fingerprint density at radius 1 is 1.33 bits per heavy atom. The third kappa shape index (κ3) is 47300. The van der Waals surface area contributed by atoms with E-state index in [0.717, 1.165) is 0 Å². The quantitative estimate of drug-likeness (QED) is 0.240. The summed E-state index contributed by atoms with van der Waals surface area (Å²) in [5.74, 6) is 0. The van der Waals surface area contributed by atoms with Crippen molar-refractivity contribution in [3.63, 3.8) is 0 Å². The summed E-state index contributed by atoms with van der Waals surface area (Å²) in [6, 6.07) is 0. The van der Waals surface area contributed by atoms with E-state index in [4.69, 9.17) is 25.2 Å². The molecule has 0 unspecified atom stereocenters. The van der Waals surface area contributed by atoms with Crippen LogP contribution in [0.4, 0.5) is 3.89 Å². The number of hydrogen-bond donors (Lipinski definition) is 0. The Morgan fingerprint density at radius 2 is 1.33 bits per heavy atom. The molecule has 0 aliphatic carbocycles. The molecule has 0 aliphatic heterocycles. The fourth-order valence-electron chi connectivity index (χ4n) is 0. The first-order valence-electron chi connectivity index (χ1n) is 1.15. The van der Waals surface area contributed by atoms with Gasteiger partial charge in [-0.3, -0.25) is 0 Å². The molecule has 0 rings (SSSR count). The molecule has 58 valence electrons. The third-order valence-electron chi connectivity index (χ3n) is 0. The number of rotatable bonds is 0. The van der Waals surface area contributed by atoms with Crippen molar-refractivity contribution in [2.45, 2.75) is 0 Å². The van der Waals surface area contributed by atoms with Gasteiger partial charge in [0.15, 0.2) is 0 Å². The average molecular weight is 226 g/mol. The van der Waals surface area contributed by atoms with Gasteiger partial charge < -0.3 is 4.55 Å². The molecule has 0 N–H and O–H groups in total. The molecule has 0 saturated heterocycles. The van der Waals surface area contributed by atoms with E-state index >= 15 is 0 Å². The van der Waals surface area contributed by atoms with Gasteiger partial charge in [-0.1, -0.05) is 0 Å². The molecule has 9 heteroatoms. The summed E-state index contributed by atoms with van der Waals surface area (Å²) in [5.41, 5.74) is 0. The predicted molar refractivity (Wildman–Crippen MR) is 17.2 cm³/mol. The maximum absolute atomic E-state index is 10.1. The van der Waals surface area contributed by atoms with Gasteiger partial charge in [0.2, 0.25) is 0 Å². The zero-order valence-electron chi connectivity index (χ0n) is 3.64. The van der Waals surface area contributed by atoms with E-state index < -0.39 is 25.0 Å². The molecule has 0 atom stereocenters. The van der Waals surface area contributed by atoms with Crippen LogP contribution in [0.2, 0.25) is 0 Å². The van der Waals surface area contributed by atoms with Crippen LogP contribution in [0.5, 0.6) is 0 Å². The van der Waals surface area contributed by atoms with E-state index in [2.05, 4.69) is 0 Å². The monoisotopic (exact) mass is 227 g/mol. The topological polar surface area (TPSA) is 120 Å². The molecule has 0 aliphatic rings. The fraction of sp³-hybridized carbons (Fsp3) is 0. The van der Waals surface area contributed by atoms with E-state index in [-0.39, 0.29) is 0 Å². The van der Waals surface area contributed by atoms with E-state index in [1.165, 1.54) is 0 Å². The zero-order chi connectivity index (χ0) is 8.08. The van der Waals surface area contributed by atoms with Gasteiger partial charge >= 0.3 is 26.7 Å². The van der Waals surface area contributed by atoms with E-state index in [9.17, 15) is 3.89 Å². The standard InChI is InChI=1S/FHO3S.H2O3Se/c1-5(2,3)4;1-4(2)3/h(H,2,3,4);(H2,1,2,3)/p-3. The molecule has 0 bridgehead atoms. The predicted octanol–water partition coefficient (Wildman–Crippen LogP) is -3.46. The molecule has 0 amide bonds. The van der Waals surface area contributed by atoms with Crippen molar-refractivity contribution >= 4 is 25.0 Å². The Kier molecular flexibility index (Phi) is 6.45. The zero-order valence-corrected chi connectivity index (χ0v) is 6.17. The van der Waals surface area contributed by atoms with Crippen molar-refractivity contribution < 1.29 is 29.1 Å². The van der Waals surface area contributed by atoms with Crippen molar-refractivity contribution in [1.29, 1.82) is 0 Å². The van der Waals surface area contributed by atoms with Crippen LogP contribution in [0.3, 0.4) is 0 Å². The van der Waals surface area contributed by atoms with Crippen LogP contribution in [0.1, 0.15) is 0 Å². The first-order valence-corrected chi connectivity index (χ1v) is 4.56. The van der Waals surface area contributed by atoms with Gasteiger partial charge in [-0.25, -0.2) is 8.42 Å². The van der Waals surface area contributed by atoms with Crippen molar-refractivity contribution in [3.8, 4) is 0 Å². The van der Waals surface area contributed by atoms with Crippen LogP contribution >= 0.6 is 0 Å². The van der Waals surface area contributed by atoms with Gasteiger partial charge in [-0.15, -0.1) is 3.89 Å². The minimum atomic E-state index is -5.42. The SMILES string of the molecule is O=S(=O)([O-])F.O=[Se]([O-])[O-]. The molecule has 0 spiro atoms. The fourth-order valence-corrected chi connectivity index (χ4v) is 0. The second-order valence-corrected chi connectivity index (χ2v) is 2.24. The Hall–Kier alpha value is 0.0795. The third-order valence-corrected chi connectivity index (χ3v) is 0. The molecule has 6 nitrogen and oxygen atoms in total. The Bertz CT molecular complexity index is 155. The molecular formula is FO6SSe-3. The summed E-state index contributed by atoms with van der Waals surface area (Å²) >= 11 is -3.79. The van der Waals surface area contributed by atoms with Crippen LogP contribution in [-0.4, -0.2) is 27.5 Å².